The highest BCUT2D eigenvalue weighted by Gasteiger charge is 2.30. The van der Waals surface area contributed by atoms with Gasteiger partial charge in [-0.15, -0.1) is 0 Å². The van der Waals surface area contributed by atoms with Gasteiger partial charge in [-0.2, -0.15) is 0 Å². The van der Waals surface area contributed by atoms with Gasteiger partial charge >= 0.3 is 0 Å². The van der Waals surface area contributed by atoms with Crippen LogP contribution in [0.1, 0.15) is 36.4 Å². The number of ether oxygens (including phenoxy) is 2. The molecule has 0 aliphatic carbocycles. The van der Waals surface area contributed by atoms with Gasteiger partial charge in [-0.1, -0.05) is 17.7 Å². The number of rotatable bonds is 5. The summed E-state index contributed by atoms with van der Waals surface area (Å²) in [4.78, 5) is 31.1. The van der Waals surface area contributed by atoms with Crippen LogP contribution in [0.25, 0.3) is 5.65 Å². The van der Waals surface area contributed by atoms with Crippen LogP contribution in [0, 0.1) is 5.92 Å². The molecule has 2 N–H and O–H groups in total. The zero-order valence-corrected chi connectivity index (χ0v) is 18.1. The summed E-state index contributed by atoms with van der Waals surface area (Å²) in [5.74, 6) is 0.650. The molecule has 8 nitrogen and oxygen atoms in total. The van der Waals surface area contributed by atoms with Crippen molar-refractivity contribution in [2.24, 2.45) is 11.7 Å². The summed E-state index contributed by atoms with van der Waals surface area (Å²) in [7, 11) is 0. The normalized spacial score (nSPS) is 17.0. The lowest BCUT2D eigenvalue weighted by Gasteiger charge is -2.31. The Bertz CT molecular complexity index is 1190. The predicted molar refractivity (Wildman–Crippen MR) is 118 cm³/mol. The molecule has 0 bridgehead atoms. The third kappa shape index (κ3) is 3.86. The summed E-state index contributed by atoms with van der Waals surface area (Å²) < 4.78 is 12.9. The number of imidazole rings is 1. The Kier molecular flexibility index (Phi) is 5.38. The van der Waals surface area contributed by atoms with Crippen molar-refractivity contribution in [1.29, 1.82) is 0 Å². The molecule has 1 fully saturated rings. The van der Waals surface area contributed by atoms with Gasteiger partial charge in [0.25, 0.3) is 0 Å². The van der Waals surface area contributed by atoms with Crippen molar-refractivity contribution in [3.8, 4) is 11.5 Å². The fourth-order valence-corrected chi connectivity index (χ4v) is 4.63. The molecule has 0 saturated carbocycles. The first kappa shape index (κ1) is 20.6. The average molecular weight is 455 g/mol. The van der Waals surface area contributed by atoms with E-state index in [-0.39, 0.29) is 36.9 Å². The van der Waals surface area contributed by atoms with Crippen molar-refractivity contribution >= 4 is 29.1 Å². The molecule has 1 unspecified atom stereocenters. The van der Waals surface area contributed by atoms with Crippen molar-refractivity contribution in [2.45, 2.75) is 25.2 Å². The Balaban J connectivity index is 1.47. The SMILES string of the molecule is NC(=O)C1CCN(C(=O)CC(c2ccc3c(c2)OCO3)c2cnc3ccc(Cl)cn23)CC1. The number of aromatic nitrogens is 2. The number of fused-ring (bicyclic) bond motifs is 2. The molecule has 0 radical (unpaired) electrons. The van der Waals surface area contributed by atoms with E-state index in [1.165, 1.54) is 0 Å². The molecule has 9 heteroatoms. The predicted octanol–water partition coefficient (Wildman–Crippen LogP) is 2.96. The van der Waals surface area contributed by atoms with Gasteiger partial charge in [-0.3, -0.25) is 9.59 Å². The summed E-state index contributed by atoms with van der Waals surface area (Å²) in [5.41, 5.74) is 7.98. The topological polar surface area (TPSA) is 99.2 Å². The number of likely N-dealkylation sites (tertiary alicyclic amines) is 1. The molecule has 32 heavy (non-hydrogen) atoms. The van der Waals surface area contributed by atoms with Crippen molar-refractivity contribution in [1.82, 2.24) is 14.3 Å². The molecule has 166 valence electrons. The summed E-state index contributed by atoms with van der Waals surface area (Å²) in [6.07, 6.45) is 5.04. The van der Waals surface area contributed by atoms with Crippen LogP contribution >= 0.6 is 11.6 Å². The van der Waals surface area contributed by atoms with Crippen molar-refractivity contribution < 1.29 is 19.1 Å². The van der Waals surface area contributed by atoms with Gasteiger partial charge in [0.1, 0.15) is 5.65 Å². The number of carbonyl (C=O) groups is 2. The summed E-state index contributed by atoms with van der Waals surface area (Å²) >= 11 is 6.24. The Morgan fingerprint density at radius 3 is 2.72 bits per heavy atom. The van der Waals surface area contributed by atoms with Crippen LogP contribution in [0.4, 0.5) is 0 Å². The highest BCUT2D eigenvalue weighted by Crippen LogP contribution is 2.38. The number of halogens is 1. The Hall–Kier alpha value is -3.26. The third-order valence-electron chi connectivity index (χ3n) is 6.28. The maximum absolute atomic E-state index is 13.3. The largest absolute Gasteiger partial charge is 0.454 e. The zero-order valence-electron chi connectivity index (χ0n) is 17.4. The number of nitrogens with two attached hydrogens (primary N) is 1. The van der Waals surface area contributed by atoms with E-state index in [1.807, 2.05) is 39.8 Å². The molecule has 5 rings (SSSR count). The summed E-state index contributed by atoms with van der Waals surface area (Å²) in [6, 6.07) is 9.37. The Morgan fingerprint density at radius 2 is 1.94 bits per heavy atom. The number of primary amides is 1. The molecule has 0 spiro atoms. The lowest BCUT2D eigenvalue weighted by atomic mass is 9.90. The van der Waals surface area contributed by atoms with E-state index in [0.29, 0.717) is 42.5 Å². The lowest BCUT2D eigenvalue weighted by Crippen LogP contribution is -2.42. The Morgan fingerprint density at radius 1 is 1.16 bits per heavy atom. The minimum atomic E-state index is -0.294. The second-order valence-corrected chi connectivity index (χ2v) is 8.62. The fourth-order valence-electron chi connectivity index (χ4n) is 4.47. The van der Waals surface area contributed by atoms with Gasteiger partial charge in [0, 0.05) is 43.7 Å². The van der Waals surface area contributed by atoms with E-state index in [9.17, 15) is 9.59 Å². The van der Waals surface area contributed by atoms with Gasteiger partial charge in [-0.25, -0.2) is 4.98 Å². The smallest absolute Gasteiger partial charge is 0.231 e. The molecule has 1 saturated heterocycles. The van der Waals surface area contributed by atoms with E-state index in [1.54, 1.807) is 12.3 Å². The fraction of sp³-hybridized carbons (Fsp3) is 0.348. The molecule has 1 atom stereocenters. The van der Waals surface area contributed by atoms with Gasteiger partial charge in [0.2, 0.25) is 18.6 Å². The van der Waals surface area contributed by atoms with E-state index >= 15 is 0 Å². The van der Waals surface area contributed by atoms with E-state index in [2.05, 4.69) is 4.98 Å². The van der Waals surface area contributed by atoms with Crippen LogP contribution in [-0.2, 0) is 9.59 Å². The first-order chi connectivity index (χ1) is 15.5. The molecular weight excluding hydrogens is 432 g/mol. The first-order valence-corrected chi connectivity index (χ1v) is 11.0. The minimum Gasteiger partial charge on any atom is -0.454 e. The van der Waals surface area contributed by atoms with Crippen LogP contribution in [0.15, 0.2) is 42.7 Å². The first-order valence-electron chi connectivity index (χ1n) is 10.6. The molecule has 2 aliphatic heterocycles. The molecule has 2 amide bonds. The van der Waals surface area contributed by atoms with Crippen molar-refractivity contribution in [3.05, 3.63) is 59.0 Å². The van der Waals surface area contributed by atoms with E-state index < -0.39 is 0 Å². The number of benzene rings is 1. The third-order valence-corrected chi connectivity index (χ3v) is 6.51. The van der Waals surface area contributed by atoms with Gasteiger partial charge in [0.05, 0.1) is 10.7 Å². The number of hydrogen-bond acceptors (Lipinski definition) is 5. The molecule has 2 aromatic heterocycles. The number of carbonyl (C=O) groups excluding carboxylic acids is 2. The number of amides is 2. The molecule has 4 heterocycles. The van der Waals surface area contributed by atoms with Crippen LogP contribution in [0.5, 0.6) is 11.5 Å². The lowest BCUT2D eigenvalue weighted by molar-refractivity contribution is -0.135. The number of piperidine rings is 1. The molecule has 1 aromatic carbocycles. The maximum atomic E-state index is 13.3. The van der Waals surface area contributed by atoms with E-state index in [4.69, 9.17) is 26.8 Å². The van der Waals surface area contributed by atoms with Gasteiger partial charge < -0.3 is 24.5 Å². The summed E-state index contributed by atoms with van der Waals surface area (Å²) in [6.45, 7) is 1.24. The van der Waals surface area contributed by atoms with Crippen LogP contribution in [-0.4, -0.2) is 46.0 Å². The number of hydrogen-bond donors (Lipinski definition) is 1. The van der Waals surface area contributed by atoms with Crippen LogP contribution in [0.3, 0.4) is 0 Å². The second-order valence-electron chi connectivity index (χ2n) is 8.19. The van der Waals surface area contributed by atoms with Crippen molar-refractivity contribution in [2.75, 3.05) is 19.9 Å². The highest BCUT2D eigenvalue weighted by molar-refractivity contribution is 6.30. The standard InChI is InChI=1S/C23H23ClN4O4/c24-16-2-4-21-26-11-18(28(21)12-16)17(15-1-3-19-20(9-15)32-13-31-19)10-22(29)27-7-5-14(6-8-27)23(25)30/h1-4,9,11-12,14,17H,5-8,10,13H2,(H2,25,30). The molecule has 2 aliphatic rings. The van der Waals surface area contributed by atoms with Crippen molar-refractivity contribution in [3.63, 3.8) is 0 Å². The van der Waals surface area contributed by atoms with E-state index in [0.717, 1.165) is 16.9 Å². The monoisotopic (exact) mass is 454 g/mol. The Labute approximate surface area is 189 Å². The maximum Gasteiger partial charge on any atom is 0.231 e. The highest BCUT2D eigenvalue weighted by atomic mass is 35.5. The van der Waals surface area contributed by atoms with Crippen LogP contribution in [0.2, 0.25) is 5.02 Å². The molecular formula is C23H23ClN4O4. The quantitative estimate of drug-likeness (QED) is 0.639. The number of pyridine rings is 1. The minimum absolute atomic E-state index is 0.0209. The van der Waals surface area contributed by atoms with Gasteiger partial charge in [0.15, 0.2) is 11.5 Å². The second kappa shape index (κ2) is 8.35. The van der Waals surface area contributed by atoms with Gasteiger partial charge in [-0.05, 0) is 42.7 Å². The van der Waals surface area contributed by atoms with Crippen LogP contribution < -0.4 is 15.2 Å². The zero-order chi connectivity index (χ0) is 22.2. The number of nitrogens with zero attached hydrogens (tertiary/aromatic N) is 3. The average Bonchev–Trinajstić information content (AvgIpc) is 3.43. The summed E-state index contributed by atoms with van der Waals surface area (Å²) in [5, 5.41) is 0.584. The molecule has 3 aromatic rings.